The Bertz CT molecular complexity index is 565. The lowest BCUT2D eigenvalue weighted by molar-refractivity contribution is -0.131. The number of carbonyl (C=O) groups excluding carboxylic acids is 2. The van der Waals surface area contributed by atoms with Crippen LogP contribution < -0.4 is 5.32 Å². The summed E-state index contributed by atoms with van der Waals surface area (Å²) >= 11 is 0. The molecule has 1 aliphatic rings. The number of likely N-dealkylation sites (tertiary alicyclic amines) is 1. The van der Waals surface area contributed by atoms with Gasteiger partial charge in [0.15, 0.2) is 0 Å². The van der Waals surface area contributed by atoms with Crippen LogP contribution in [0.4, 0.5) is 4.39 Å². The van der Waals surface area contributed by atoms with Gasteiger partial charge in [-0.25, -0.2) is 4.39 Å². The minimum absolute atomic E-state index is 0.00932. The normalized spacial score (nSPS) is 21.6. The standard InChI is InChI=1S/C17H23FN2O3/c1-12(21)19-15-7-9-20(10-8-16(15)22)17(23)6-5-13-3-2-4-14(18)11-13/h2-4,11,15-16,22H,5-10H2,1H3,(H,19,21)/t15-,16-/m0/s1. The fourth-order valence-corrected chi connectivity index (χ4v) is 2.87. The first kappa shape index (κ1) is 17.4. The van der Waals surface area contributed by atoms with E-state index < -0.39 is 6.10 Å². The van der Waals surface area contributed by atoms with Gasteiger partial charge in [0.05, 0.1) is 12.1 Å². The molecule has 0 saturated carbocycles. The molecule has 0 radical (unpaired) electrons. The van der Waals surface area contributed by atoms with Crippen LogP contribution in [0.3, 0.4) is 0 Å². The maximum Gasteiger partial charge on any atom is 0.222 e. The number of rotatable bonds is 4. The highest BCUT2D eigenvalue weighted by molar-refractivity contribution is 5.76. The molecule has 0 aromatic heterocycles. The number of aliphatic hydroxyl groups is 1. The zero-order chi connectivity index (χ0) is 16.8. The number of halogens is 1. The Labute approximate surface area is 135 Å². The SMILES string of the molecule is CC(=O)N[C@H]1CCN(C(=O)CCc2cccc(F)c2)CC[C@@H]1O. The molecule has 2 atom stereocenters. The monoisotopic (exact) mass is 322 g/mol. The molecular weight excluding hydrogens is 299 g/mol. The average Bonchev–Trinajstić information content (AvgIpc) is 2.67. The van der Waals surface area contributed by atoms with Crippen molar-refractivity contribution in [1.82, 2.24) is 10.2 Å². The Morgan fingerprint density at radius 3 is 2.78 bits per heavy atom. The number of nitrogens with one attached hydrogen (secondary N) is 1. The molecule has 0 aliphatic carbocycles. The molecule has 1 fully saturated rings. The van der Waals surface area contributed by atoms with Crippen molar-refractivity contribution in [3.05, 3.63) is 35.6 Å². The molecule has 126 valence electrons. The van der Waals surface area contributed by atoms with E-state index in [4.69, 9.17) is 0 Å². The van der Waals surface area contributed by atoms with Crippen molar-refractivity contribution in [2.45, 2.75) is 44.8 Å². The first-order valence-electron chi connectivity index (χ1n) is 7.93. The van der Waals surface area contributed by atoms with Crippen molar-refractivity contribution in [2.24, 2.45) is 0 Å². The highest BCUT2D eigenvalue weighted by atomic mass is 19.1. The Balaban J connectivity index is 1.86. The molecule has 0 spiro atoms. The first-order valence-corrected chi connectivity index (χ1v) is 7.93. The largest absolute Gasteiger partial charge is 0.391 e. The zero-order valence-corrected chi connectivity index (χ0v) is 13.3. The molecule has 23 heavy (non-hydrogen) atoms. The van der Waals surface area contributed by atoms with Crippen molar-refractivity contribution in [2.75, 3.05) is 13.1 Å². The molecule has 1 saturated heterocycles. The predicted molar refractivity (Wildman–Crippen MR) is 84.1 cm³/mol. The van der Waals surface area contributed by atoms with Gasteiger partial charge in [0.1, 0.15) is 5.82 Å². The summed E-state index contributed by atoms with van der Waals surface area (Å²) in [6.45, 7) is 2.39. The molecule has 0 unspecified atom stereocenters. The topological polar surface area (TPSA) is 69.6 Å². The number of amides is 2. The fraction of sp³-hybridized carbons (Fsp3) is 0.529. The molecule has 1 aromatic carbocycles. The van der Waals surface area contributed by atoms with Crippen LogP contribution in [-0.4, -0.2) is 47.1 Å². The molecule has 6 heteroatoms. The highest BCUT2D eigenvalue weighted by Gasteiger charge is 2.27. The predicted octanol–water partition coefficient (Wildman–Crippen LogP) is 1.25. The van der Waals surface area contributed by atoms with Crippen LogP contribution in [-0.2, 0) is 16.0 Å². The van der Waals surface area contributed by atoms with Gasteiger partial charge in [0.25, 0.3) is 0 Å². The highest BCUT2D eigenvalue weighted by Crippen LogP contribution is 2.14. The number of aryl methyl sites for hydroxylation is 1. The summed E-state index contributed by atoms with van der Waals surface area (Å²) < 4.78 is 13.1. The average molecular weight is 322 g/mol. The van der Waals surface area contributed by atoms with E-state index in [0.717, 1.165) is 5.56 Å². The van der Waals surface area contributed by atoms with Gasteiger partial charge in [-0.1, -0.05) is 12.1 Å². The molecule has 1 aliphatic heterocycles. The van der Waals surface area contributed by atoms with Crippen LogP contribution >= 0.6 is 0 Å². The number of hydrogen-bond donors (Lipinski definition) is 2. The van der Waals surface area contributed by atoms with Crippen LogP contribution in [0.25, 0.3) is 0 Å². The van der Waals surface area contributed by atoms with Gasteiger partial charge >= 0.3 is 0 Å². The van der Waals surface area contributed by atoms with Crippen LogP contribution in [0.15, 0.2) is 24.3 Å². The van der Waals surface area contributed by atoms with E-state index in [9.17, 15) is 19.1 Å². The Morgan fingerprint density at radius 1 is 1.35 bits per heavy atom. The van der Waals surface area contributed by atoms with E-state index in [0.29, 0.717) is 38.8 Å². The molecule has 1 heterocycles. The van der Waals surface area contributed by atoms with E-state index >= 15 is 0 Å². The maximum absolute atomic E-state index is 13.1. The lowest BCUT2D eigenvalue weighted by Gasteiger charge is -2.21. The third-order valence-corrected chi connectivity index (χ3v) is 4.13. The van der Waals surface area contributed by atoms with Crippen molar-refractivity contribution in [1.29, 1.82) is 0 Å². The zero-order valence-electron chi connectivity index (χ0n) is 13.3. The summed E-state index contributed by atoms with van der Waals surface area (Å²) in [4.78, 5) is 25.2. The fourth-order valence-electron chi connectivity index (χ4n) is 2.87. The minimum Gasteiger partial charge on any atom is -0.391 e. The van der Waals surface area contributed by atoms with Gasteiger partial charge in [-0.05, 0) is 37.0 Å². The lowest BCUT2D eigenvalue weighted by atomic mass is 10.1. The van der Waals surface area contributed by atoms with Crippen molar-refractivity contribution < 1.29 is 19.1 Å². The van der Waals surface area contributed by atoms with E-state index in [-0.39, 0.29) is 23.7 Å². The second-order valence-electron chi connectivity index (χ2n) is 5.96. The van der Waals surface area contributed by atoms with Crippen LogP contribution in [0.2, 0.25) is 0 Å². The minimum atomic E-state index is -0.639. The second-order valence-corrected chi connectivity index (χ2v) is 5.96. The maximum atomic E-state index is 13.1. The quantitative estimate of drug-likeness (QED) is 0.876. The van der Waals surface area contributed by atoms with E-state index in [1.807, 2.05) is 0 Å². The van der Waals surface area contributed by atoms with Gasteiger partial charge in [-0.15, -0.1) is 0 Å². The van der Waals surface area contributed by atoms with Gasteiger partial charge in [-0.3, -0.25) is 9.59 Å². The molecule has 1 aromatic rings. The number of aliphatic hydroxyl groups excluding tert-OH is 1. The van der Waals surface area contributed by atoms with Crippen molar-refractivity contribution in [3.63, 3.8) is 0 Å². The number of benzene rings is 1. The number of hydrogen-bond acceptors (Lipinski definition) is 3. The van der Waals surface area contributed by atoms with Crippen LogP contribution in [0.1, 0.15) is 31.7 Å². The summed E-state index contributed by atoms with van der Waals surface area (Å²) in [5, 5.41) is 12.8. The molecule has 0 bridgehead atoms. The second kappa shape index (κ2) is 8.06. The van der Waals surface area contributed by atoms with Crippen LogP contribution in [0, 0.1) is 5.82 Å². The van der Waals surface area contributed by atoms with Gasteiger partial charge in [-0.2, -0.15) is 0 Å². The Morgan fingerprint density at radius 2 is 2.09 bits per heavy atom. The molecule has 2 rings (SSSR count). The van der Waals surface area contributed by atoms with Gasteiger partial charge in [0, 0.05) is 26.4 Å². The smallest absolute Gasteiger partial charge is 0.222 e. The molecule has 2 amide bonds. The molecule has 2 N–H and O–H groups in total. The number of carbonyl (C=O) groups is 2. The first-order chi connectivity index (χ1) is 11.0. The van der Waals surface area contributed by atoms with E-state index in [1.165, 1.54) is 19.1 Å². The van der Waals surface area contributed by atoms with Gasteiger partial charge < -0.3 is 15.3 Å². The van der Waals surface area contributed by atoms with Crippen LogP contribution in [0.5, 0.6) is 0 Å². The van der Waals surface area contributed by atoms with E-state index in [2.05, 4.69) is 5.32 Å². The third-order valence-electron chi connectivity index (χ3n) is 4.13. The summed E-state index contributed by atoms with van der Waals surface area (Å²) in [5.41, 5.74) is 0.796. The summed E-state index contributed by atoms with van der Waals surface area (Å²) in [6, 6.07) is 5.94. The van der Waals surface area contributed by atoms with Crippen molar-refractivity contribution in [3.8, 4) is 0 Å². The molecule has 5 nitrogen and oxygen atoms in total. The lowest BCUT2D eigenvalue weighted by Crippen LogP contribution is -2.42. The van der Waals surface area contributed by atoms with E-state index in [1.54, 1.807) is 17.0 Å². The van der Waals surface area contributed by atoms with Crippen molar-refractivity contribution >= 4 is 11.8 Å². The number of nitrogens with zero attached hydrogens (tertiary/aromatic N) is 1. The third kappa shape index (κ3) is 5.32. The van der Waals surface area contributed by atoms with Gasteiger partial charge in [0.2, 0.25) is 11.8 Å². The summed E-state index contributed by atoms with van der Waals surface area (Å²) in [7, 11) is 0. The summed E-state index contributed by atoms with van der Waals surface area (Å²) in [6.07, 6.45) is 1.14. The Hall–Kier alpha value is -1.95. The summed E-state index contributed by atoms with van der Waals surface area (Å²) in [5.74, 6) is -0.490. The molecular formula is C17H23FN2O3. The Kier molecular flexibility index (Phi) is 6.10.